The topological polar surface area (TPSA) is 58.4 Å². The Kier molecular flexibility index (Phi) is 6.09. The minimum absolute atomic E-state index is 0.0837. The fourth-order valence-corrected chi connectivity index (χ4v) is 1.51. The van der Waals surface area contributed by atoms with Gasteiger partial charge >= 0.3 is 0 Å². The number of hydrogen-bond donors (Lipinski definition) is 2. The molecule has 1 amide bonds. The Balaban J connectivity index is 2.35. The lowest BCUT2D eigenvalue weighted by Crippen LogP contribution is -2.35. The maximum absolute atomic E-state index is 11.6. The van der Waals surface area contributed by atoms with E-state index in [9.17, 15) is 4.79 Å². The van der Waals surface area contributed by atoms with Gasteiger partial charge in [-0.1, -0.05) is 12.1 Å². The van der Waals surface area contributed by atoms with Gasteiger partial charge in [0.05, 0.1) is 0 Å². The standard InChI is InChI=1S/C15H23N3O/c1-12(2)18(3)10-9-17-15(19)8-7-13-5-4-6-14(16)11-13/h4-8,11-12H,9-10,16H2,1-3H3,(H,17,19)/b8-7+. The molecule has 1 aromatic rings. The van der Waals surface area contributed by atoms with Gasteiger partial charge < -0.3 is 16.0 Å². The van der Waals surface area contributed by atoms with Crippen LogP contribution >= 0.6 is 0 Å². The van der Waals surface area contributed by atoms with Crippen molar-refractivity contribution in [1.82, 2.24) is 10.2 Å². The first-order valence-electron chi connectivity index (χ1n) is 6.50. The van der Waals surface area contributed by atoms with Gasteiger partial charge in [0.15, 0.2) is 0 Å². The third-order valence-electron chi connectivity index (χ3n) is 2.98. The van der Waals surface area contributed by atoms with Gasteiger partial charge in [0, 0.05) is 30.9 Å². The van der Waals surface area contributed by atoms with Gasteiger partial charge in [-0.3, -0.25) is 4.79 Å². The normalized spacial score (nSPS) is 11.4. The number of anilines is 1. The van der Waals surface area contributed by atoms with E-state index in [1.165, 1.54) is 6.08 Å². The summed E-state index contributed by atoms with van der Waals surface area (Å²) in [7, 11) is 2.04. The Morgan fingerprint density at radius 3 is 2.84 bits per heavy atom. The Morgan fingerprint density at radius 2 is 2.21 bits per heavy atom. The summed E-state index contributed by atoms with van der Waals surface area (Å²) >= 11 is 0. The lowest BCUT2D eigenvalue weighted by atomic mass is 10.2. The zero-order chi connectivity index (χ0) is 14.3. The van der Waals surface area contributed by atoms with E-state index in [2.05, 4.69) is 24.1 Å². The second-order valence-corrected chi connectivity index (χ2v) is 4.87. The van der Waals surface area contributed by atoms with Gasteiger partial charge in [-0.2, -0.15) is 0 Å². The van der Waals surface area contributed by atoms with Gasteiger partial charge in [0.25, 0.3) is 0 Å². The molecular weight excluding hydrogens is 238 g/mol. The summed E-state index contributed by atoms with van der Waals surface area (Å²) in [6.45, 7) is 5.74. The smallest absolute Gasteiger partial charge is 0.244 e. The summed E-state index contributed by atoms with van der Waals surface area (Å²) < 4.78 is 0. The van der Waals surface area contributed by atoms with Crippen LogP contribution in [0.25, 0.3) is 6.08 Å². The summed E-state index contributed by atoms with van der Waals surface area (Å²) in [5, 5.41) is 2.85. The van der Waals surface area contributed by atoms with Crippen molar-refractivity contribution in [2.45, 2.75) is 19.9 Å². The molecule has 0 aliphatic carbocycles. The van der Waals surface area contributed by atoms with E-state index in [-0.39, 0.29) is 5.91 Å². The Hall–Kier alpha value is -1.81. The molecule has 0 spiro atoms. The second kappa shape index (κ2) is 7.59. The van der Waals surface area contributed by atoms with Crippen LogP contribution in [0.15, 0.2) is 30.3 Å². The number of nitrogens with one attached hydrogen (secondary N) is 1. The number of nitrogens with two attached hydrogens (primary N) is 1. The molecule has 0 aromatic heterocycles. The predicted octanol–water partition coefficient (Wildman–Crippen LogP) is 1.74. The van der Waals surface area contributed by atoms with Crippen LogP contribution in [0.1, 0.15) is 19.4 Å². The van der Waals surface area contributed by atoms with Gasteiger partial charge in [-0.15, -0.1) is 0 Å². The number of nitrogens with zero attached hydrogens (tertiary/aromatic N) is 1. The fraction of sp³-hybridized carbons (Fsp3) is 0.400. The maximum Gasteiger partial charge on any atom is 0.244 e. The molecule has 0 bridgehead atoms. The summed E-state index contributed by atoms with van der Waals surface area (Å²) in [6.07, 6.45) is 3.29. The lowest BCUT2D eigenvalue weighted by molar-refractivity contribution is -0.116. The van der Waals surface area contributed by atoms with E-state index in [0.717, 1.165) is 12.1 Å². The molecule has 19 heavy (non-hydrogen) atoms. The molecule has 104 valence electrons. The van der Waals surface area contributed by atoms with E-state index in [0.29, 0.717) is 18.3 Å². The molecule has 0 heterocycles. The molecule has 4 nitrogen and oxygen atoms in total. The number of carbonyl (C=O) groups excluding carboxylic acids is 1. The van der Waals surface area contributed by atoms with Crippen LogP contribution in [0.3, 0.4) is 0 Å². The number of carbonyl (C=O) groups is 1. The molecule has 0 atom stereocenters. The van der Waals surface area contributed by atoms with Crippen molar-refractivity contribution in [3.05, 3.63) is 35.9 Å². The summed E-state index contributed by atoms with van der Waals surface area (Å²) in [6, 6.07) is 7.91. The highest BCUT2D eigenvalue weighted by Gasteiger charge is 2.02. The molecular formula is C15H23N3O. The lowest BCUT2D eigenvalue weighted by Gasteiger charge is -2.20. The molecule has 1 rings (SSSR count). The SMILES string of the molecule is CC(C)N(C)CCNC(=O)/C=C/c1cccc(N)c1. The number of amides is 1. The van der Waals surface area contributed by atoms with Crippen molar-refractivity contribution in [2.75, 3.05) is 25.9 Å². The van der Waals surface area contributed by atoms with E-state index in [1.807, 2.05) is 31.3 Å². The number of rotatable bonds is 6. The molecule has 3 N–H and O–H groups in total. The molecule has 4 heteroatoms. The van der Waals surface area contributed by atoms with Gasteiger partial charge in [-0.05, 0) is 44.7 Å². The van der Waals surface area contributed by atoms with E-state index in [1.54, 1.807) is 6.08 Å². The largest absolute Gasteiger partial charge is 0.399 e. The van der Waals surface area contributed by atoms with E-state index < -0.39 is 0 Å². The summed E-state index contributed by atoms with van der Waals surface area (Å²) in [5.41, 5.74) is 7.29. The summed E-state index contributed by atoms with van der Waals surface area (Å²) in [4.78, 5) is 13.8. The first kappa shape index (κ1) is 15.2. The molecule has 0 aliphatic heterocycles. The fourth-order valence-electron chi connectivity index (χ4n) is 1.51. The molecule has 0 saturated carbocycles. The molecule has 0 aliphatic rings. The van der Waals surface area contributed by atoms with Crippen LogP contribution in [-0.4, -0.2) is 37.0 Å². The van der Waals surface area contributed by atoms with Gasteiger partial charge in [0.2, 0.25) is 5.91 Å². The quantitative estimate of drug-likeness (QED) is 0.606. The first-order valence-corrected chi connectivity index (χ1v) is 6.50. The molecule has 0 fully saturated rings. The Morgan fingerprint density at radius 1 is 1.47 bits per heavy atom. The third-order valence-corrected chi connectivity index (χ3v) is 2.98. The Bertz CT molecular complexity index is 441. The minimum Gasteiger partial charge on any atom is -0.399 e. The van der Waals surface area contributed by atoms with E-state index >= 15 is 0 Å². The molecule has 1 aromatic carbocycles. The third kappa shape index (κ3) is 6.06. The van der Waals surface area contributed by atoms with Crippen LogP contribution < -0.4 is 11.1 Å². The maximum atomic E-state index is 11.6. The number of nitrogen functional groups attached to an aromatic ring is 1. The average molecular weight is 261 g/mol. The monoisotopic (exact) mass is 261 g/mol. The molecule has 0 radical (unpaired) electrons. The summed E-state index contributed by atoms with van der Waals surface area (Å²) in [5.74, 6) is -0.0837. The first-order chi connectivity index (χ1) is 8.99. The van der Waals surface area contributed by atoms with E-state index in [4.69, 9.17) is 5.73 Å². The predicted molar refractivity (Wildman–Crippen MR) is 80.7 cm³/mol. The van der Waals surface area contributed by atoms with Crippen LogP contribution in [0.4, 0.5) is 5.69 Å². The highest BCUT2D eigenvalue weighted by atomic mass is 16.1. The molecule has 0 unspecified atom stereocenters. The van der Waals surface area contributed by atoms with Crippen molar-refractivity contribution in [1.29, 1.82) is 0 Å². The van der Waals surface area contributed by atoms with Crippen molar-refractivity contribution in [2.24, 2.45) is 0 Å². The van der Waals surface area contributed by atoms with Gasteiger partial charge in [0.1, 0.15) is 0 Å². The van der Waals surface area contributed by atoms with Crippen LogP contribution in [0.5, 0.6) is 0 Å². The highest BCUT2D eigenvalue weighted by Crippen LogP contribution is 2.07. The van der Waals surface area contributed by atoms with Crippen molar-refractivity contribution in [3.63, 3.8) is 0 Å². The van der Waals surface area contributed by atoms with Crippen molar-refractivity contribution >= 4 is 17.7 Å². The second-order valence-electron chi connectivity index (χ2n) is 4.87. The molecule has 0 saturated heterocycles. The number of hydrogen-bond acceptors (Lipinski definition) is 3. The Labute approximate surface area is 115 Å². The minimum atomic E-state index is -0.0837. The number of benzene rings is 1. The average Bonchev–Trinajstić information content (AvgIpc) is 2.36. The van der Waals surface area contributed by atoms with Crippen LogP contribution in [-0.2, 0) is 4.79 Å². The number of likely N-dealkylation sites (N-methyl/N-ethyl adjacent to an activating group) is 1. The van der Waals surface area contributed by atoms with Crippen LogP contribution in [0, 0.1) is 0 Å². The zero-order valence-electron chi connectivity index (χ0n) is 11.9. The highest BCUT2D eigenvalue weighted by molar-refractivity contribution is 5.91. The van der Waals surface area contributed by atoms with Gasteiger partial charge in [-0.25, -0.2) is 0 Å². The van der Waals surface area contributed by atoms with Crippen molar-refractivity contribution in [3.8, 4) is 0 Å². The zero-order valence-corrected chi connectivity index (χ0v) is 11.9. The van der Waals surface area contributed by atoms with Crippen LogP contribution in [0.2, 0.25) is 0 Å². The van der Waals surface area contributed by atoms with Crippen molar-refractivity contribution < 1.29 is 4.79 Å².